The van der Waals surface area contributed by atoms with Crippen LogP contribution in [0, 0.1) is 10.5 Å². The molecule has 0 radical (unpaired) electrons. The number of sulfonamides is 1. The van der Waals surface area contributed by atoms with Gasteiger partial charge in [0.1, 0.15) is 0 Å². The number of hydrogen-bond donors (Lipinski definition) is 2. The number of carbonyl (C=O) groups is 1. The molecular formula is C20H17IN2O3S. The Labute approximate surface area is 172 Å². The van der Waals surface area contributed by atoms with E-state index in [0.29, 0.717) is 16.9 Å². The van der Waals surface area contributed by atoms with E-state index in [4.69, 9.17) is 0 Å². The SMILES string of the molecule is Cc1ccccc1NS(=O)(=O)c1ccc(NC(=O)c2ccc(I)cc2)cc1. The summed E-state index contributed by atoms with van der Waals surface area (Å²) in [6, 6.07) is 20.4. The van der Waals surface area contributed by atoms with Crippen molar-refractivity contribution in [2.75, 3.05) is 10.0 Å². The van der Waals surface area contributed by atoms with E-state index < -0.39 is 10.0 Å². The fourth-order valence-corrected chi connectivity index (χ4v) is 3.90. The quantitative estimate of drug-likeness (QED) is 0.510. The summed E-state index contributed by atoms with van der Waals surface area (Å²) in [5, 5.41) is 2.76. The number of hydrogen-bond acceptors (Lipinski definition) is 3. The highest BCUT2D eigenvalue weighted by Crippen LogP contribution is 2.21. The minimum absolute atomic E-state index is 0.123. The molecule has 3 aromatic rings. The van der Waals surface area contributed by atoms with Crippen molar-refractivity contribution in [3.63, 3.8) is 0 Å². The van der Waals surface area contributed by atoms with Crippen molar-refractivity contribution in [1.29, 1.82) is 0 Å². The largest absolute Gasteiger partial charge is 0.322 e. The number of rotatable bonds is 5. The number of halogens is 1. The molecule has 0 saturated carbocycles. The lowest BCUT2D eigenvalue weighted by Crippen LogP contribution is -2.14. The molecule has 0 heterocycles. The highest BCUT2D eigenvalue weighted by Gasteiger charge is 2.15. The summed E-state index contributed by atoms with van der Waals surface area (Å²) in [7, 11) is -3.70. The molecule has 0 bridgehead atoms. The maximum atomic E-state index is 12.5. The van der Waals surface area contributed by atoms with Crippen molar-refractivity contribution in [1.82, 2.24) is 0 Å². The van der Waals surface area contributed by atoms with Gasteiger partial charge in [0.25, 0.3) is 15.9 Å². The van der Waals surface area contributed by atoms with Crippen LogP contribution in [0.1, 0.15) is 15.9 Å². The minimum Gasteiger partial charge on any atom is -0.322 e. The van der Waals surface area contributed by atoms with Gasteiger partial charge < -0.3 is 5.32 Å². The Morgan fingerprint density at radius 2 is 1.52 bits per heavy atom. The van der Waals surface area contributed by atoms with E-state index in [1.54, 1.807) is 36.4 Å². The van der Waals surface area contributed by atoms with E-state index in [2.05, 4.69) is 32.6 Å². The number of para-hydroxylation sites is 1. The van der Waals surface area contributed by atoms with Gasteiger partial charge in [0.05, 0.1) is 10.6 Å². The number of aryl methyl sites for hydroxylation is 1. The average Bonchev–Trinajstić information content (AvgIpc) is 2.64. The first-order valence-corrected chi connectivity index (χ1v) is 10.7. The summed E-state index contributed by atoms with van der Waals surface area (Å²) >= 11 is 2.17. The molecule has 27 heavy (non-hydrogen) atoms. The summed E-state index contributed by atoms with van der Waals surface area (Å²) in [5.74, 6) is -0.250. The molecule has 0 aromatic heterocycles. The predicted molar refractivity (Wildman–Crippen MR) is 116 cm³/mol. The summed E-state index contributed by atoms with van der Waals surface area (Å²) in [6.07, 6.45) is 0. The van der Waals surface area contributed by atoms with Gasteiger partial charge in [0.15, 0.2) is 0 Å². The molecule has 2 N–H and O–H groups in total. The second-order valence-corrected chi connectivity index (χ2v) is 8.83. The van der Waals surface area contributed by atoms with Crippen LogP contribution in [-0.4, -0.2) is 14.3 Å². The van der Waals surface area contributed by atoms with Crippen LogP contribution in [0.2, 0.25) is 0 Å². The van der Waals surface area contributed by atoms with Crippen molar-refractivity contribution in [3.05, 3.63) is 87.5 Å². The molecule has 7 heteroatoms. The number of anilines is 2. The first-order valence-electron chi connectivity index (χ1n) is 8.10. The lowest BCUT2D eigenvalue weighted by Gasteiger charge is -2.11. The van der Waals surface area contributed by atoms with Crippen molar-refractivity contribution in [2.24, 2.45) is 0 Å². The van der Waals surface area contributed by atoms with Gasteiger partial charge in [-0.15, -0.1) is 0 Å². The normalized spacial score (nSPS) is 11.0. The Balaban J connectivity index is 1.73. The molecule has 0 aliphatic rings. The average molecular weight is 492 g/mol. The first kappa shape index (κ1) is 19.4. The molecule has 0 spiro atoms. The third-order valence-corrected chi connectivity index (χ3v) is 6.02. The van der Waals surface area contributed by atoms with Gasteiger partial charge in [0.2, 0.25) is 0 Å². The summed E-state index contributed by atoms with van der Waals surface area (Å²) < 4.78 is 28.7. The molecule has 1 amide bonds. The first-order chi connectivity index (χ1) is 12.8. The topological polar surface area (TPSA) is 75.3 Å². The molecule has 3 aromatic carbocycles. The van der Waals surface area contributed by atoms with E-state index in [0.717, 1.165) is 9.13 Å². The van der Waals surface area contributed by atoms with Crippen LogP contribution in [0.25, 0.3) is 0 Å². The summed E-state index contributed by atoms with van der Waals surface area (Å²) in [4.78, 5) is 12.4. The zero-order chi connectivity index (χ0) is 19.4. The maximum Gasteiger partial charge on any atom is 0.261 e. The Bertz CT molecular complexity index is 1060. The van der Waals surface area contributed by atoms with Gasteiger partial charge in [-0.2, -0.15) is 0 Å². The highest BCUT2D eigenvalue weighted by molar-refractivity contribution is 14.1. The van der Waals surface area contributed by atoms with Crippen molar-refractivity contribution >= 4 is 49.9 Å². The second kappa shape index (κ2) is 8.10. The van der Waals surface area contributed by atoms with Crippen LogP contribution >= 0.6 is 22.6 Å². The molecule has 0 aliphatic heterocycles. The minimum atomic E-state index is -3.70. The van der Waals surface area contributed by atoms with Crippen LogP contribution in [0.5, 0.6) is 0 Å². The number of amides is 1. The van der Waals surface area contributed by atoms with Gasteiger partial charge in [-0.3, -0.25) is 9.52 Å². The lowest BCUT2D eigenvalue weighted by atomic mass is 10.2. The second-order valence-electron chi connectivity index (χ2n) is 5.91. The van der Waals surface area contributed by atoms with Crippen molar-refractivity contribution in [2.45, 2.75) is 11.8 Å². The molecule has 3 rings (SSSR count). The standard InChI is InChI=1S/C20H17IN2O3S/c1-14-4-2-3-5-19(14)23-27(25,26)18-12-10-17(11-13-18)22-20(24)15-6-8-16(21)9-7-15/h2-13,23H,1H3,(H,22,24). The third-order valence-electron chi connectivity index (χ3n) is 3.92. The molecule has 0 saturated heterocycles. The number of carbonyl (C=O) groups excluding carboxylic acids is 1. The van der Waals surface area contributed by atoms with Crippen LogP contribution in [-0.2, 0) is 10.0 Å². The Morgan fingerprint density at radius 1 is 0.889 bits per heavy atom. The summed E-state index contributed by atoms with van der Waals surface area (Å²) in [5.41, 5.74) is 2.43. The Hall–Kier alpha value is -2.39. The van der Waals surface area contributed by atoms with Crippen LogP contribution in [0.4, 0.5) is 11.4 Å². The Kier molecular flexibility index (Phi) is 5.81. The van der Waals surface area contributed by atoms with Gasteiger partial charge in [-0.05, 0) is 89.7 Å². The van der Waals surface area contributed by atoms with E-state index in [1.165, 1.54) is 12.1 Å². The molecule has 138 valence electrons. The highest BCUT2D eigenvalue weighted by atomic mass is 127. The number of benzene rings is 3. The lowest BCUT2D eigenvalue weighted by molar-refractivity contribution is 0.102. The predicted octanol–water partition coefficient (Wildman–Crippen LogP) is 4.65. The van der Waals surface area contributed by atoms with E-state index in [1.807, 2.05) is 31.2 Å². The zero-order valence-electron chi connectivity index (χ0n) is 14.4. The Morgan fingerprint density at radius 3 is 2.15 bits per heavy atom. The zero-order valence-corrected chi connectivity index (χ0v) is 17.4. The fourth-order valence-electron chi connectivity index (χ4n) is 2.41. The van der Waals surface area contributed by atoms with Gasteiger partial charge in [0, 0.05) is 14.8 Å². The molecule has 0 unspecified atom stereocenters. The molecule has 0 fully saturated rings. The van der Waals surface area contributed by atoms with Gasteiger partial charge in [-0.1, -0.05) is 18.2 Å². The third kappa shape index (κ3) is 4.86. The van der Waals surface area contributed by atoms with Crippen LogP contribution < -0.4 is 10.0 Å². The smallest absolute Gasteiger partial charge is 0.261 e. The van der Waals surface area contributed by atoms with Gasteiger partial charge in [-0.25, -0.2) is 8.42 Å². The maximum absolute atomic E-state index is 12.5. The molecular weight excluding hydrogens is 475 g/mol. The van der Waals surface area contributed by atoms with Crippen molar-refractivity contribution in [3.8, 4) is 0 Å². The fraction of sp³-hybridized carbons (Fsp3) is 0.0500. The van der Waals surface area contributed by atoms with E-state index in [-0.39, 0.29) is 10.8 Å². The molecule has 0 atom stereocenters. The monoisotopic (exact) mass is 492 g/mol. The van der Waals surface area contributed by atoms with E-state index in [9.17, 15) is 13.2 Å². The van der Waals surface area contributed by atoms with Crippen LogP contribution in [0.3, 0.4) is 0 Å². The van der Waals surface area contributed by atoms with E-state index >= 15 is 0 Å². The number of nitrogens with one attached hydrogen (secondary N) is 2. The van der Waals surface area contributed by atoms with Crippen molar-refractivity contribution < 1.29 is 13.2 Å². The van der Waals surface area contributed by atoms with Gasteiger partial charge >= 0.3 is 0 Å². The van der Waals surface area contributed by atoms with Crippen LogP contribution in [0.15, 0.2) is 77.7 Å². The summed E-state index contributed by atoms with van der Waals surface area (Å²) in [6.45, 7) is 1.83. The molecule has 0 aliphatic carbocycles. The molecule has 5 nitrogen and oxygen atoms in total.